The van der Waals surface area contributed by atoms with Gasteiger partial charge in [-0.2, -0.15) is 0 Å². The van der Waals surface area contributed by atoms with E-state index >= 15 is 0 Å². The van der Waals surface area contributed by atoms with E-state index in [9.17, 15) is 0 Å². The molecule has 0 bridgehead atoms. The smallest absolute Gasteiger partial charge is 0.245 e. The second-order valence-electron chi connectivity index (χ2n) is 5.48. The molecule has 4 rings (SSSR count). The number of nitrogens with one attached hydrogen (secondary N) is 1. The summed E-state index contributed by atoms with van der Waals surface area (Å²) in [6, 6.07) is 13.7. The van der Waals surface area contributed by atoms with Crippen LogP contribution in [-0.2, 0) is 13.0 Å². The molecule has 114 valence electrons. The Morgan fingerprint density at radius 1 is 1.13 bits per heavy atom. The highest BCUT2D eigenvalue weighted by molar-refractivity contribution is 5.86. The Balaban J connectivity index is 1.65. The summed E-state index contributed by atoms with van der Waals surface area (Å²) in [6.07, 6.45) is 3.94. The predicted octanol–water partition coefficient (Wildman–Crippen LogP) is 3.30. The van der Waals surface area contributed by atoms with Gasteiger partial charge >= 0.3 is 0 Å². The summed E-state index contributed by atoms with van der Waals surface area (Å²) in [7, 11) is 0. The van der Waals surface area contributed by atoms with E-state index in [1.807, 2.05) is 42.5 Å². The van der Waals surface area contributed by atoms with Crippen LogP contribution in [-0.4, -0.2) is 22.7 Å². The lowest BCUT2D eigenvalue weighted by molar-refractivity contribution is 0.498. The third-order valence-electron chi connectivity index (χ3n) is 4.04. The number of anilines is 1. The fourth-order valence-corrected chi connectivity index (χ4v) is 2.90. The van der Waals surface area contributed by atoms with E-state index in [0.717, 1.165) is 41.4 Å². The molecule has 0 radical (unpaired) electrons. The molecule has 3 heterocycles. The number of benzene rings is 1. The second-order valence-corrected chi connectivity index (χ2v) is 5.48. The lowest BCUT2D eigenvalue weighted by atomic mass is 10.1. The SMILES string of the molecule is N=Cc1ccccc1N1CCc2oc(-c3ccccn3)nc2C1. The Morgan fingerprint density at radius 3 is 2.83 bits per heavy atom. The quantitative estimate of drug-likeness (QED) is 0.754. The number of rotatable bonds is 3. The molecule has 1 aromatic carbocycles. The van der Waals surface area contributed by atoms with Crippen LogP contribution in [0.4, 0.5) is 5.69 Å². The number of aromatic nitrogens is 2. The summed E-state index contributed by atoms with van der Waals surface area (Å²) >= 11 is 0. The predicted molar refractivity (Wildman–Crippen MR) is 88.8 cm³/mol. The Kier molecular flexibility index (Phi) is 3.38. The van der Waals surface area contributed by atoms with E-state index < -0.39 is 0 Å². The van der Waals surface area contributed by atoms with Crippen LogP contribution in [0.1, 0.15) is 17.0 Å². The van der Waals surface area contributed by atoms with E-state index in [2.05, 4.69) is 14.9 Å². The van der Waals surface area contributed by atoms with Crippen molar-refractivity contribution in [2.75, 3.05) is 11.4 Å². The van der Waals surface area contributed by atoms with Crippen molar-refractivity contribution in [2.24, 2.45) is 0 Å². The Bertz CT molecular complexity index is 841. The van der Waals surface area contributed by atoms with E-state index in [-0.39, 0.29) is 0 Å². The topological polar surface area (TPSA) is 66.0 Å². The Labute approximate surface area is 134 Å². The highest BCUT2D eigenvalue weighted by Gasteiger charge is 2.24. The van der Waals surface area contributed by atoms with Crippen LogP contribution in [0.5, 0.6) is 0 Å². The molecule has 0 amide bonds. The highest BCUT2D eigenvalue weighted by Crippen LogP contribution is 2.29. The number of fused-ring (bicyclic) bond motifs is 1. The molecular formula is C18H16N4O. The van der Waals surface area contributed by atoms with Crippen LogP contribution in [0.25, 0.3) is 11.6 Å². The summed E-state index contributed by atoms with van der Waals surface area (Å²) in [5.41, 5.74) is 3.70. The number of oxazole rings is 1. The van der Waals surface area contributed by atoms with E-state index in [1.165, 1.54) is 6.21 Å². The fourth-order valence-electron chi connectivity index (χ4n) is 2.90. The minimum absolute atomic E-state index is 0.581. The zero-order valence-electron chi connectivity index (χ0n) is 12.6. The van der Waals surface area contributed by atoms with Gasteiger partial charge in [-0.25, -0.2) is 4.98 Å². The van der Waals surface area contributed by atoms with Crippen LogP contribution in [0.2, 0.25) is 0 Å². The minimum atomic E-state index is 0.581. The van der Waals surface area contributed by atoms with Crippen molar-refractivity contribution in [3.8, 4) is 11.6 Å². The van der Waals surface area contributed by atoms with E-state index in [0.29, 0.717) is 12.4 Å². The van der Waals surface area contributed by atoms with Crippen LogP contribution in [0.15, 0.2) is 53.1 Å². The Hall–Kier alpha value is -2.95. The molecule has 5 heteroatoms. The summed E-state index contributed by atoms with van der Waals surface area (Å²) in [5, 5.41) is 7.57. The van der Waals surface area contributed by atoms with Gasteiger partial charge in [0.15, 0.2) is 0 Å². The first-order valence-corrected chi connectivity index (χ1v) is 7.59. The minimum Gasteiger partial charge on any atom is -0.439 e. The van der Waals surface area contributed by atoms with E-state index in [4.69, 9.17) is 9.83 Å². The molecule has 0 saturated carbocycles. The number of hydrogen-bond donors (Lipinski definition) is 1. The van der Waals surface area contributed by atoms with Crippen molar-refractivity contribution >= 4 is 11.9 Å². The van der Waals surface area contributed by atoms with Gasteiger partial charge in [0, 0.05) is 36.6 Å². The van der Waals surface area contributed by atoms with Crippen LogP contribution >= 0.6 is 0 Å². The van der Waals surface area contributed by atoms with Gasteiger partial charge in [0.1, 0.15) is 17.1 Å². The molecule has 5 nitrogen and oxygen atoms in total. The number of pyridine rings is 1. The zero-order chi connectivity index (χ0) is 15.6. The van der Waals surface area contributed by atoms with Crippen molar-refractivity contribution in [3.05, 3.63) is 65.7 Å². The molecule has 0 atom stereocenters. The average molecular weight is 304 g/mol. The largest absolute Gasteiger partial charge is 0.439 e. The number of hydrogen-bond acceptors (Lipinski definition) is 5. The zero-order valence-corrected chi connectivity index (χ0v) is 12.6. The van der Waals surface area contributed by atoms with Gasteiger partial charge in [0.2, 0.25) is 5.89 Å². The molecule has 1 aliphatic heterocycles. The van der Waals surface area contributed by atoms with Gasteiger partial charge in [-0.05, 0) is 18.2 Å². The first-order valence-electron chi connectivity index (χ1n) is 7.59. The second kappa shape index (κ2) is 5.68. The van der Waals surface area contributed by atoms with Crippen molar-refractivity contribution in [1.29, 1.82) is 5.41 Å². The van der Waals surface area contributed by atoms with Gasteiger partial charge in [-0.1, -0.05) is 24.3 Å². The maximum atomic E-state index is 7.57. The molecule has 0 unspecified atom stereocenters. The van der Waals surface area contributed by atoms with Crippen molar-refractivity contribution in [2.45, 2.75) is 13.0 Å². The summed E-state index contributed by atoms with van der Waals surface area (Å²) in [6.45, 7) is 1.55. The van der Waals surface area contributed by atoms with Gasteiger partial charge < -0.3 is 14.7 Å². The average Bonchev–Trinajstić information content (AvgIpc) is 3.05. The molecule has 1 aliphatic rings. The molecule has 0 aliphatic carbocycles. The molecule has 2 aromatic heterocycles. The standard InChI is InChI=1S/C18H16N4O/c19-11-13-5-1-2-7-16(13)22-10-8-17-15(12-22)21-18(23-17)14-6-3-4-9-20-14/h1-7,9,11,19H,8,10,12H2. The molecule has 0 fully saturated rings. The van der Waals surface area contributed by atoms with Crippen molar-refractivity contribution in [1.82, 2.24) is 9.97 Å². The number of nitrogens with zero attached hydrogens (tertiary/aromatic N) is 3. The maximum Gasteiger partial charge on any atom is 0.245 e. The van der Waals surface area contributed by atoms with Gasteiger partial charge in [-0.15, -0.1) is 0 Å². The van der Waals surface area contributed by atoms with Crippen molar-refractivity contribution < 1.29 is 4.42 Å². The van der Waals surface area contributed by atoms with E-state index in [1.54, 1.807) is 6.20 Å². The van der Waals surface area contributed by atoms with Crippen molar-refractivity contribution in [3.63, 3.8) is 0 Å². The maximum absolute atomic E-state index is 7.57. The van der Waals surface area contributed by atoms with Crippen LogP contribution in [0, 0.1) is 5.41 Å². The highest BCUT2D eigenvalue weighted by atomic mass is 16.4. The monoisotopic (exact) mass is 304 g/mol. The lowest BCUT2D eigenvalue weighted by Crippen LogP contribution is -2.30. The van der Waals surface area contributed by atoms with Gasteiger partial charge in [0.25, 0.3) is 0 Å². The Morgan fingerprint density at radius 2 is 2.00 bits per heavy atom. The lowest BCUT2D eigenvalue weighted by Gasteiger charge is -2.28. The number of para-hydroxylation sites is 1. The molecule has 3 aromatic rings. The first kappa shape index (κ1) is 13.7. The summed E-state index contributed by atoms with van der Waals surface area (Å²) in [5.74, 6) is 1.52. The fraction of sp³-hybridized carbons (Fsp3) is 0.167. The van der Waals surface area contributed by atoms with Crippen LogP contribution < -0.4 is 4.90 Å². The molecular weight excluding hydrogens is 288 g/mol. The molecule has 23 heavy (non-hydrogen) atoms. The van der Waals surface area contributed by atoms with Gasteiger partial charge in [0.05, 0.1) is 6.54 Å². The molecule has 0 saturated heterocycles. The molecule has 0 spiro atoms. The normalized spacial score (nSPS) is 13.7. The third kappa shape index (κ3) is 2.50. The molecule has 1 N–H and O–H groups in total. The van der Waals surface area contributed by atoms with Gasteiger partial charge in [-0.3, -0.25) is 4.98 Å². The van der Waals surface area contributed by atoms with Crippen LogP contribution in [0.3, 0.4) is 0 Å². The third-order valence-corrected chi connectivity index (χ3v) is 4.04. The summed E-state index contributed by atoms with van der Waals surface area (Å²) < 4.78 is 5.89. The first-order chi connectivity index (χ1) is 11.3. The summed E-state index contributed by atoms with van der Waals surface area (Å²) in [4.78, 5) is 11.2.